The van der Waals surface area contributed by atoms with Crippen molar-refractivity contribution in [3.05, 3.63) is 71.8 Å². The van der Waals surface area contributed by atoms with Crippen molar-refractivity contribution in [2.45, 2.75) is 37.6 Å². The molecule has 2 aromatic rings. The van der Waals surface area contributed by atoms with Gasteiger partial charge in [-0.25, -0.2) is 0 Å². The molecule has 2 fully saturated rings. The van der Waals surface area contributed by atoms with Gasteiger partial charge in [0, 0.05) is 18.5 Å². The van der Waals surface area contributed by atoms with Crippen LogP contribution in [-0.2, 0) is 6.42 Å². The molecule has 2 atom stereocenters. The van der Waals surface area contributed by atoms with E-state index in [-0.39, 0.29) is 0 Å². The molecular formula is C23H30N2. The fourth-order valence-electron chi connectivity index (χ4n) is 4.15. The third-order valence-corrected chi connectivity index (χ3v) is 5.95. The third-order valence-electron chi connectivity index (χ3n) is 5.95. The molecule has 2 unspecified atom stereocenters. The number of hydrogen-bond acceptors (Lipinski definition) is 2. The summed E-state index contributed by atoms with van der Waals surface area (Å²) in [5.41, 5.74) is 2.97. The van der Waals surface area contributed by atoms with E-state index in [2.05, 4.69) is 70.9 Å². The monoisotopic (exact) mass is 334 g/mol. The number of nitrogens with zero attached hydrogens (tertiary/aromatic N) is 1. The lowest BCUT2D eigenvalue weighted by atomic mass is 9.96. The quantitative estimate of drug-likeness (QED) is 0.820. The molecule has 1 saturated carbocycles. The standard InChI is InChI=1S/C23H30N2/c1-3-7-19(8-4-1)11-14-25-15-12-20(13-16-25)18-24-23-17-22(23)21-9-5-2-6-10-21/h1-10,20,22-24H,11-18H2. The second-order valence-corrected chi connectivity index (χ2v) is 7.79. The molecule has 0 amide bonds. The van der Waals surface area contributed by atoms with E-state index in [9.17, 15) is 0 Å². The van der Waals surface area contributed by atoms with Gasteiger partial charge in [0.2, 0.25) is 0 Å². The maximum Gasteiger partial charge on any atom is 0.0143 e. The first-order valence-electron chi connectivity index (χ1n) is 9.93. The Morgan fingerprint density at radius 1 is 0.880 bits per heavy atom. The van der Waals surface area contributed by atoms with Gasteiger partial charge in [-0.3, -0.25) is 0 Å². The largest absolute Gasteiger partial charge is 0.313 e. The molecule has 4 rings (SSSR count). The highest BCUT2D eigenvalue weighted by molar-refractivity contribution is 5.27. The van der Waals surface area contributed by atoms with Crippen molar-refractivity contribution in [2.24, 2.45) is 5.92 Å². The number of rotatable bonds is 7. The summed E-state index contributed by atoms with van der Waals surface area (Å²) in [7, 11) is 0. The highest BCUT2D eigenvalue weighted by Crippen LogP contribution is 2.40. The van der Waals surface area contributed by atoms with Crippen molar-refractivity contribution in [3.8, 4) is 0 Å². The molecule has 2 heteroatoms. The average molecular weight is 335 g/mol. The summed E-state index contributed by atoms with van der Waals surface area (Å²) in [4.78, 5) is 2.65. The fourth-order valence-corrected chi connectivity index (χ4v) is 4.15. The molecule has 1 heterocycles. The molecule has 2 aromatic carbocycles. The van der Waals surface area contributed by atoms with Gasteiger partial charge in [-0.15, -0.1) is 0 Å². The molecule has 1 saturated heterocycles. The zero-order chi connectivity index (χ0) is 16.9. The normalized spacial score (nSPS) is 24.3. The molecule has 25 heavy (non-hydrogen) atoms. The summed E-state index contributed by atoms with van der Waals surface area (Å²) in [6.07, 6.45) is 5.21. The summed E-state index contributed by atoms with van der Waals surface area (Å²) < 4.78 is 0. The maximum atomic E-state index is 3.83. The number of piperidine rings is 1. The molecule has 2 aliphatic rings. The Morgan fingerprint density at radius 2 is 1.56 bits per heavy atom. The summed E-state index contributed by atoms with van der Waals surface area (Å²) >= 11 is 0. The van der Waals surface area contributed by atoms with Crippen LogP contribution in [0.2, 0.25) is 0 Å². The Kier molecular flexibility index (Phi) is 5.49. The first kappa shape index (κ1) is 16.8. The predicted molar refractivity (Wildman–Crippen MR) is 105 cm³/mol. The van der Waals surface area contributed by atoms with Gasteiger partial charge in [-0.2, -0.15) is 0 Å². The van der Waals surface area contributed by atoms with Crippen molar-refractivity contribution in [3.63, 3.8) is 0 Å². The molecule has 1 N–H and O–H groups in total. The number of nitrogens with one attached hydrogen (secondary N) is 1. The van der Waals surface area contributed by atoms with Gasteiger partial charge in [0.15, 0.2) is 0 Å². The Morgan fingerprint density at radius 3 is 2.28 bits per heavy atom. The van der Waals surface area contributed by atoms with Crippen molar-refractivity contribution in [1.82, 2.24) is 10.2 Å². The highest BCUT2D eigenvalue weighted by Gasteiger charge is 2.38. The maximum absolute atomic E-state index is 3.83. The second-order valence-electron chi connectivity index (χ2n) is 7.79. The SMILES string of the molecule is c1ccc(CCN2CCC(CNC3CC3c3ccccc3)CC2)cc1. The molecule has 0 bridgehead atoms. The third kappa shape index (κ3) is 4.71. The fraction of sp³-hybridized carbons (Fsp3) is 0.478. The van der Waals surface area contributed by atoms with Gasteiger partial charge in [0.25, 0.3) is 0 Å². The van der Waals surface area contributed by atoms with E-state index in [1.807, 2.05) is 0 Å². The summed E-state index contributed by atoms with van der Waals surface area (Å²) in [6.45, 7) is 4.96. The van der Waals surface area contributed by atoms with E-state index >= 15 is 0 Å². The zero-order valence-electron chi connectivity index (χ0n) is 15.1. The molecule has 1 aliphatic carbocycles. The van der Waals surface area contributed by atoms with E-state index in [0.29, 0.717) is 0 Å². The minimum absolute atomic E-state index is 0.721. The molecule has 1 aliphatic heterocycles. The van der Waals surface area contributed by atoms with E-state index in [1.165, 1.54) is 63.0 Å². The van der Waals surface area contributed by atoms with Crippen LogP contribution in [0.25, 0.3) is 0 Å². The Hall–Kier alpha value is -1.64. The van der Waals surface area contributed by atoms with Gasteiger partial charge in [-0.05, 0) is 62.4 Å². The molecular weight excluding hydrogens is 304 g/mol. The smallest absolute Gasteiger partial charge is 0.0143 e. The van der Waals surface area contributed by atoms with Gasteiger partial charge >= 0.3 is 0 Å². The van der Waals surface area contributed by atoms with Gasteiger partial charge in [0.05, 0.1) is 0 Å². The van der Waals surface area contributed by atoms with Crippen LogP contribution in [-0.4, -0.2) is 37.1 Å². The van der Waals surface area contributed by atoms with Crippen LogP contribution >= 0.6 is 0 Å². The minimum atomic E-state index is 0.721. The van der Waals surface area contributed by atoms with E-state index in [0.717, 1.165) is 17.9 Å². The van der Waals surface area contributed by atoms with Crippen molar-refractivity contribution in [2.75, 3.05) is 26.2 Å². The lowest BCUT2D eigenvalue weighted by Gasteiger charge is -2.32. The first-order valence-corrected chi connectivity index (χ1v) is 9.93. The van der Waals surface area contributed by atoms with E-state index < -0.39 is 0 Å². The van der Waals surface area contributed by atoms with Gasteiger partial charge in [0.1, 0.15) is 0 Å². The van der Waals surface area contributed by atoms with Crippen molar-refractivity contribution < 1.29 is 0 Å². The lowest BCUT2D eigenvalue weighted by Crippen LogP contribution is -2.38. The highest BCUT2D eigenvalue weighted by atomic mass is 15.1. The van der Waals surface area contributed by atoms with Crippen LogP contribution in [0.1, 0.15) is 36.3 Å². The van der Waals surface area contributed by atoms with Crippen LogP contribution < -0.4 is 5.32 Å². The van der Waals surface area contributed by atoms with Crippen LogP contribution in [0.3, 0.4) is 0 Å². The van der Waals surface area contributed by atoms with Crippen LogP contribution in [0.15, 0.2) is 60.7 Å². The summed E-state index contributed by atoms with van der Waals surface area (Å²) in [5.74, 6) is 1.62. The van der Waals surface area contributed by atoms with Crippen LogP contribution in [0.4, 0.5) is 0 Å². The molecule has 132 valence electrons. The Labute approximate surface area is 152 Å². The summed E-state index contributed by atoms with van der Waals surface area (Å²) in [6, 6.07) is 22.6. The van der Waals surface area contributed by atoms with Crippen molar-refractivity contribution >= 4 is 0 Å². The van der Waals surface area contributed by atoms with Crippen molar-refractivity contribution in [1.29, 1.82) is 0 Å². The Bertz CT molecular complexity index is 632. The molecule has 0 aromatic heterocycles. The average Bonchev–Trinajstić information content (AvgIpc) is 3.47. The second kappa shape index (κ2) is 8.16. The van der Waals surface area contributed by atoms with E-state index in [4.69, 9.17) is 0 Å². The number of likely N-dealkylation sites (tertiary alicyclic amines) is 1. The van der Waals surface area contributed by atoms with Crippen LogP contribution in [0.5, 0.6) is 0 Å². The van der Waals surface area contributed by atoms with Gasteiger partial charge < -0.3 is 10.2 Å². The molecule has 2 nitrogen and oxygen atoms in total. The minimum Gasteiger partial charge on any atom is -0.313 e. The lowest BCUT2D eigenvalue weighted by molar-refractivity contribution is 0.184. The topological polar surface area (TPSA) is 15.3 Å². The van der Waals surface area contributed by atoms with E-state index in [1.54, 1.807) is 0 Å². The summed E-state index contributed by atoms with van der Waals surface area (Å²) in [5, 5.41) is 3.83. The zero-order valence-corrected chi connectivity index (χ0v) is 15.1. The Balaban J connectivity index is 1.13. The first-order chi connectivity index (χ1) is 12.4. The predicted octanol–water partition coefficient (Wildman–Crippen LogP) is 4.09. The number of hydrogen-bond donors (Lipinski definition) is 1. The molecule has 0 spiro atoms. The van der Waals surface area contributed by atoms with Crippen LogP contribution in [0, 0.1) is 5.92 Å². The number of benzene rings is 2. The van der Waals surface area contributed by atoms with Gasteiger partial charge in [-0.1, -0.05) is 60.7 Å². The molecule has 0 radical (unpaired) electrons.